The SMILES string of the molecule is Cc1[nH]c2c3ccccc3c3cc(-c4ccc(-c5nc6ccccc6n5-c5ccccc5)cc4)c4ccccc4c3c2c1C. The minimum atomic E-state index is 0.944. The standard InChI is InChI=1S/C41H29N3/c1-25-26(2)42-40-33-17-9-7-15-31(33)35-24-34(30-14-6-8-16-32(30)39(35)38(25)40)27-20-22-28(23-21-27)41-43-36-18-10-11-19-37(36)44(41)29-12-4-3-5-13-29/h3-24,42H,1-2H3. The highest BCUT2D eigenvalue weighted by atomic mass is 15.1. The van der Waals surface area contributed by atoms with Crippen molar-refractivity contribution >= 4 is 54.3 Å². The second-order valence-electron chi connectivity index (χ2n) is 11.7. The van der Waals surface area contributed by atoms with Crippen molar-refractivity contribution in [2.45, 2.75) is 13.8 Å². The van der Waals surface area contributed by atoms with Crippen LogP contribution in [0.15, 0.2) is 133 Å². The summed E-state index contributed by atoms with van der Waals surface area (Å²) in [5.74, 6) is 0.944. The van der Waals surface area contributed by atoms with Crippen molar-refractivity contribution in [1.82, 2.24) is 14.5 Å². The van der Waals surface area contributed by atoms with Crippen LogP contribution in [0, 0.1) is 13.8 Å². The van der Waals surface area contributed by atoms with Crippen LogP contribution in [-0.4, -0.2) is 14.5 Å². The highest BCUT2D eigenvalue weighted by molar-refractivity contribution is 6.33. The Morgan fingerprint density at radius 2 is 1.18 bits per heavy atom. The number of nitrogens with zero attached hydrogens (tertiary/aromatic N) is 2. The average Bonchev–Trinajstić information content (AvgIpc) is 3.62. The number of aryl methyl sites for hydroxylation is 2. The number of hydrogen-bond donors (Lipinski definition) is 1. The fourth-order valence-corrected chi connectivity index (χ4v) is 7.12. The van der Waals surface area contributed by atoms with Crippen LogP contribution in [0.1, 0.15) is 11.3 Å². The third-order valence-electron chi connectivity index (χ3n) is 9.31. The Morgan fingerprint density at radius 1 is 0.545 bits per heavy atom. The van der Waals surface area contributed by atoms with E-state index < -0.39 is 0 Å². The molecule has 9 rings (SSSR count). The zero-order chi connectivity index (χ0) is 29.4. The molecule has 0 radical (unpaired) electrons. The number of nitrogens with one attached hydrogen (secondary N) is 1. The van der Waals surface area contributed by atoms with Crippen molar-refractivity contribution < 1.29 is 0 Å². The number of fused-ring (bicyclic) bond motifs is 9. The highest BCUT2D eigenvalue weighted by Crippen LogP contribution is 2.44. The number of aromatic amines is 1. The Balaban J connectivity index is 1.29. The topological polar surface area (TPSA) is 33.6 Å². The largest absolute Gasteiger partial charge is 0.358 e. The van der Waals surface area contributed by atoms with Crippen LogP contribution >= 0.6 is 0 Å². The first-order chi connectivity index (χ1) is 21.7. The minimum Gasteiger partial charge on any atom is -0.358 e. The molecule has 0 bridgehead atoms. The number of aromatic nitrogens is 3. The number of imidazole rings is 1. The van der Waals surface area contributed by atoms with E-state index in [1.807, 2.05) is 0 Å². The number of rotatable bonds is 3. The van der Waals surface area contributed by atoms with Crippen LogP contribution in [-0.2, 0) is 0 Å². The van der Waals surface area contributed by atoms with Gasteiger partial charge in [0.05, 0.1) is 16.6 Å². The average molecular weight is 564 g/mol. The summed E-state index contributed by atoms with van der Waals surface area (Å²) in [6.45, 7) is 4.42. The predicted molar refractivity (Wildman–Crippen MR) is 186 cm³/mol. The number of para-hydroxylation sites is 3. The molecule has 0 aliphatic carbocycles. The van der Waals surface area contributed by atoms with Gasteiger partial charge in [-0.05, 0) is 87.8 Å². The van der Waals surface area contributed by atoms with Gasteiger partial charge in [-0.25, -0.2) is 4.98 Å². The molecule has 0 spiro atoms. The molecule has 0 saturated carbocycles. The quantitative estimate of drug-likeness (QED) is 0.213. The Morgan fingerprint density at radius 3 is 1.98 bits per heavy atom. The maximum absolute atomic E-state index is 5.09. The van der Waals surface area contributed by atoms with Crippen molar-refractivity contribution in [3.8, 4) is 28.2 Å². The van der Waals surface area contributed by atoms with Crippen molar-refractivity contribution in [2.75, 3.05) is 0 Å². The molecule has 0 amide bonds. The van der Waals surface area contributed by atoms with Crippen molar-refractivity contribution in [1.29, 1.82) is 0 Å². The minimum absolute atomic E-state index is 0.944. The van der Waals surface area contributed by atoms with Crippen molar-refractivity contribution in [3.63, 3.8) is 0 Å². The van der Waals surface area contributed by atoms with E-state index in [9.17, 15) is 0 Å². The van der Waals surface area contributed by atoms with Gasteiger partial charge in [0, 0.05) is 27.7 Å². The number of benzene rings is 7. The van der Waals surface area contributed by atoms with Gasteiger partial charge in [0.1, 0.15) is 5.82 Å². The third-order valence-corrected chi connectivity index (χ3v) is 9.31. The molecule has 3 heteroatoms. The van der Waals surface area contributed by atoms with E-state index in [1.165, 1.54) is 65.6 Å². The maximum atomic E-state index is 5.09. The Bertz CT molecular complexity index is 2550. The van der Waals surface area contributed by atoms with E-state index in [-0.39, 0.29) is 0 Å². The van der Waals surface area contributed by atoms with Gasteiger partial charge in [0.25, 0.3) is 0 Å². The zero-order valence-electron chi connectivity index (χ0n) is 24.6. The Kier molecular flexibility index (Phi) is 5.33. The first-order valence-electron chi connectivity index (χ1n) is 15.2. The monoisotopic (exact) mass is 563 g/mol. The summed E-state index contributed by atoms with van der Waals surface area (Å²) in [7, 11) is 0. The fourth-order valence-electron chi connectivity index (χ4n) is 7.12. The lowest BCUT2D eigenvalue weighted by atomic mass is 9.88. The van der Waals surface area contributed by atoms with E-state index >= 15 is 0 Å². The molecule has 0 fully saturated rings. The second-order valence-corrected chi connectivity index (χ2v) is 11.7. The normalized spacial score (nSPS) is 11.9. The molecule has 208 valence electrons. The van der Waals surface area contributed by atoms with Crippen molar-refractivity contribution in [2.24, 2.45) is 0 Å². The van der Waals surface area contributed by atoms with Gasteiger partial charge in [-0.15, -0.1) is 0 Å². The van der Waals surface area contributed by atoms with Gasteiger partial charge in [0.15, 0.2) is 0 Å². The van der Waals surface area contributed by atoms with Crippen LogP contribution in [0.2, 0.25) is 0 Å². The molecular weight excluding hydrogens is 534 g/mol. The fraction of sp³-hybridized carbons (Fsp3) is 0.0488. The molecule has 0 unspecified atom stereocenters. The number of hydrogen-bond acceptors (Lipinski definition) is 1. The Labute approximate surface area is 255 Å². The van der Waals surface area contributed by atoms with Gasteiger partial charge in [-0.1, -0.05) is 103 Å². The van der Waals surface area contributed by atoms with Crippen molar-refractivity contribution in [3.05, 3.63) is 145 Å². The molecule has 3 nitrogen and oxygen atoms in total. The summed E-state index contributed by atoms with van der Waals surface area (Å²) in [5.41, 5.74) is 10.5. The van der Waals surface area contributed by atoms with Crippen LogP contribution in [0.3, 0.4) is 0 Å². The van der Waals surface area contributed by atoms with Crippen LogP contribution < -0.4 is 0 Å². The molecular formula is C41H29N3. The number of H-pyrrole nitrogens is 1. The van der Waals surface area contributed by atoms with E-state index in [4.69, 9.17) is 4.98 Å². The maximum Gasteiger partial charge on any atom is 0.145 e. The lowest BCUT2D eigenvalue weighted by Gasteiger charge is -2.15. The first-order valence-corrected chi connectivity index (χ1v) is 15.2. The molecule has 0 saturated heterocycles. The van der Waals surface area contributed by atoms with Crippen LogP contribution in [0.5, 0.6) is 0 Å². The molecule has 7 aromatic carbocycles. The molecule has 2 aromatic heterocycles. The van der Waals surface area contributed by atoms with E-state index in [0.29, 0.717) is 0 Å². The van der Waals surface area contributed by atoms with Crippen LogP contribution in [0.4, 0.5) is 0 Å². The summed E-state index contributed by atoms with van der Waals surface area (Å²) >= 11 is 0. The first kappa shape index (κ1) is 24.9. The van der Waals surface area contributed by atoms with Gasteiger partial charge in [-0.2, -0.15) is 0 Å². The Hall–Kier alpha value is -5.67. The molecule has 0 aliphatic heterocycles. The van der Waals surface area contributed by atoms with Crippen LogP contribution in [0.25, 0.3) is 82.5 Å². The second kappa shape index (κ2) is 9.42. The van der Waals surface area contributed by atoms with Gasteiger partial charge < -0.3 is 4.98 Å². The zero-order valence-corrected chi connectivity index (χ0v) is 24.6. The lowest BCUT2D eigenvalue weighted by Crippen LogP contribution is -1.97. The smallest absolute Gasteiger partial charge is 0.145 e. The summed E-state index contributed by atoms with van der Waals surface area (Å²) in [6.07, 6.45) is 0. The molecule has 2 heterocycles. The molecule has 44 heavy (non-hydrogen) atoms. The van der Waals surface area contributed by atoms with Gasteiger partial charge in [-0.3, -0.25) is 4.57 Å². The van der Waals surface area contributed by atoms with E-state index in [2.05, 4.69) is 157 Å². The summed E-state index contributed by atoms with van der Waals surface area (Å²) in [6, 6.07) is 47.9. The van der Waals surface area contributed by atoms with Gasteiger partial charge >= 0.3 is 0 Å². The summed E-state index contributed by atoms with van der Waals surface area (Å²) < 4.78 is 2.26. The van der Waals surface area contributed by atoms with E-state index in [0.717, 1.165) is 28.1 Å². The third kappa shape index (κ3) is 3.53. The lowest BCUT2D eigenvalue weighted by molar-refractivity contribution is 1.10. The molecule has 9 aromatic rings. The summed E-state index contributed by atoms with van der Waals surface area (Å²) in [5, 5.41) is 9.03. The molecule has 1 N–H and O–H groups in total. The van der Waals surface area contributed by atoms with Gasteiger partial charge in [0.2, 0.25) is 0 Å². The highest BCUT2D eigenvalue weighted by Gasteiger charge is 2.19. The molecule has 0 aliphatic rings. The summed E-state index contributed by atoms with van der Waals surface area (Å²) in [4.78, 5) is 8.80. The van der Waals surface area contributed by atoms with E-state index in [1.54, 1.807) is 0 Å². The molecule has 0 atom stereocenters. The predicted octanol–water partition coefficient (Wildman–Crippen LogP) is 10.9.